The predicted molar refractivity (Wildman–Crippen MR) is 126 cm³/mol. The van der Waals surface area contributed by atoms with Crippen LogP contribution in [0.1, 0.15) is 48.0 Å². The zero-order valence-corrected chi connectivity index (χ0v) is 19.6. The lowest BCUT2D eigenvalue weighted by molar-refractivity contribution is -0.245. The molecule has 1 amide bonds. The second kappa shape index (κ2) is 11.0. The van der Waals surface area contributed by atoms with Gasteiger partial charge in [0.15, 0.2) is 11.4 Å². The molecule has 1 fully saturated rings. The second-order valence-electron chi connectivity index (χ2n) is 8.13. The summed E-state index contributed by atoms with van der Waals surface area (Å²) in [4.78, 5) is 15.6. The Morgan fingerprint density at radius 3 is 2.45 bits per heavy atom. The number of benzene rings is 2. The van der Waals surface area contributed by atoms with E-state index in [0.29, 0.717) is 6.54 Å². The van der Waals surface area contributed by atoms with Crippen LogP contribution in [-0.4, -0.2) is 32.4 Å². The molecule has 3 aromatic rings. The SMILES string of the molecule is CC(=O)NCc1ccc(C2OC(CSc3nccn3C)CC(c3ccc(CO)cc3)O2)cc1. The average Bonchev–Trinajstić information content (AvgIpc) is 3.26. The lowest BCUT2D eigenvalue weighted by Crippen LogP contribution is -2.31. The number of aliphatic hydroxyl groups excluding tert-OH is 1. The smallest absolute Gasteiger partial charge is 0.217 e. The van der Waals surface area contributed by atoms with Gasteiger partial charge in [-0.3, -0.25) is 4.79 Å². The molecule has 174 valence electrons. The summed E-state index contributed by atoms with van der Waals surface area (Å²) in [7, 11) is 1.98. The van der Waals surface area contributed by atoms with E-state index >= 15 is 0 Å². The van der Waals surface area contributed by atoms with Gasteiger partial charge in [0.1, 0.15) is 0 Å². The van der Waals surface area contributed by atoms with E-state index in [1.165, 1.54) is 6.92 Å². The monoisotopic (exact) mass is 467 g/mol. The molecule has 1 aliphatic rings. The van der Waals surface area contributed by atoms with Crippen LogP contribution in [0.3, 0.4) is 0 Å². The third-order valence-electron chi connectivity index (χ3n) is 5.58. The Kier molecular flexibility index (Phi) is 7.82. The maximum absolute atomic E-state index is 11.2. The number of carbonyl (C=O) groups is 1. The lowest BCUT2D eigenvalue weighted by atomic mass is 10.0. The molecule has 3 atom stereocenters. The van der Waals surface area contributed by atoms with Crippen LogP contribution >= 0.6 is 11.8 Å². The summed E-state index contributed by atoms with van der Waals surface area (Å²) in [6.07, 6.45) is 3.82. The summed E-state index contributed by atoms with van der Waals surface area (Å²) < 4.78 is 14.7. The minimum Gasteiger partial charge on any atom is -0.392 e. The van der Waals surface area contributed by atoms with Crippen LogP contribution in [0.2, 0.25) is 0 Å². The van der Waals surface area contributed by atoms with Gasteiger partial charge in [-0.25, -0.2) is 4.98 Å². The van der Waals surface area contributed by atoms with Crippen molar-refractivity contribution in [3.05, 3.63) is 83.2 Å². The van der Waals surface area contributed by atoms with E-state index < -0.39 is 6.29 Å². The van der Waals surface area contributed by atoms with Gasteiger partial charge in [0.05, 0.1) is 18.8 Å². The summed E-state index contributed by atoms with van der Waals surface area (Å²) in [5.74, 6) is 0.706. The molecule has 0 radical (unpaired) electrons. The number of hydrogen-bond donors (Lipinski definition) is 2. The normalized spacial score (nSPS) is 20.5. The molecule has 33 heavy (non-hydrogen) atoms. The van der Waals surface area contributed by atoms with E-state index in [2.05, 4.69) is 10.3 Å². The number of thioether (sulfide) groups is 1. The zero-order chi connectivity index (χ0) is 23.2. The molecule has 8 heteroatoms. The van der Waals surface area contributed by atoms with Crippen LogP contribution in [0.5, 0.6) is 0 Å². The van der Waals surface area contributed by atoms with Crippen LogP contribution in [0.15, 0.2) is 66.1 Å². The van der Waals surface area contributed by atoms with Crippen molar-refractivity contribution in [3.8, 4) is 0 Å². The third kappa shape index (κ3) is 6.23. The second-order valence-corrected chi connectivity index (χ2v) is 9.12. The van der Waals surface area contributed by atoms with Gasteiger partial charge in [0.2, 0.25) is 5.91 Å². The largest absolute Gasteiger partial charge is 0.392 e. The third-order valence-corrected chi connectivity index (χ3v) is 6.77. The van der Waals surface area contributed by atoms with Crippen LogP contribution in [-0.2, 0) is 34.5 Å². The van der Waals surface area contributed by atoms with Crippen molar-refractivity contribution < 1.29 is 19.4 Å². The molecule has 1 aromatic heterocycles. The van der Waals surface area contributed by atoms with E-state index in [0.717, 1.165) is 39.6 Å². The molecule has 0 saturated carbocycles. The number of hydrogen-bond acceptors (Lipinski definition) is 6. The average molecular weight is 468 g/mol. The number of aromatic nitrogens is 2. The highest BCUT2D eigenvalue weighted by Gasteiger charge is 2.32. The van der Waals surface area contributed by atoms with Gasteiger partial charge in [0.25, 0.3) is 0 Å². The molecule has 2 aromatic carbocycles. The van der Waals surface area contributed by atoms with Gasteiger partial charge in [-0.05, 0) is 16.7 Å². The molecule has 0 spiro atoms. The van der Waals surface area contributed by atoms with Gasteiger partial charge in [-0.2, -0.15) is 0 Å². The van der Waals surface area contributed by atoms with E-state index in [4.69, 9.17) is 9.47 Å². The summed E-state index contributed by atoms with van der Waals surface area (Å²) in [5.41, 5.74) is 3.89. The Hall–Kier alpha value is -2.65. The molecule has 3 unspecified atom stereocenters. The fourth-order valence-electron chi connectivity index (χ4n) is 3.70. The highest BCUT2D eigenvalue weighted by atomic mass is 32.2. The van der Waals surface area contributed by atoms with Crippen molar-refractivity contribution in [2.75, 3.05) is 5.75 Å². The standard InChI is InChI=1S/C25H29N3O4S/c1-17(30)27-14-18-3-9-21(10-4-18)24-31-22(16-33-25-26-11-12-28(25)2)13-23(32-24)20-7-5-19(15-29)6-8-20/h3-12,22-24,29H,13-16H2,1-2H3,(H,27,30). The van der Waals surface area contributed by atoms with Crippen molar-refractivity contribution in [1.29, 1.82) is 0 Å². The first-order chi connectivity index (χ1) is 16.0. The fourth-order valence-corrected chi connectivity index (χ4v) is 4.65. The van der Waals surface area contributed by atoms with Gasteiger partial charge >= 0.3 is 0 Å². The quantitative estimate of drug-likeness (QED) is 0.489. The molecule has 4 rings (SSSR count). The Labute approximate surface area is 198 Å². The lowest BCUT2D eigenvalue weighted by Gasteiger charge is -2.36. The van der Waals surface area contributed by atoms with E-state index in [1.54, 1.807) is 18.0 Å². The first-order valence-corrected chi connectivity index (χ1v) is 11.9. The van der Waals surface area contributed by atoms with Crippen LogP contribution in [0.4, 0.5) is 0 Å². The van der Waals surface area contributed by atoms with Crippen molar-refractivity contribution >= 4 is 17.7 Å². The summed E-state index contributed by atoms with van der Waals surface area (Å²) in [5, 5.41) is 13.1. The molecule has 0 bridgehead atoms. The van der Waals surface area contributed by atoms with Crippen LogP contribution < -0.4 is 5.32 Å². The molecule has 1 saturated heterocycles. The predicted octanol–water partition coefficient (Wildman–Crippen LogP) is 3.89. The highest BCUT2D eigenvalue weighted by molar-refractivity contribution is 7.99. The molecular weight excluding hydrogens is 438 g/mol. The maximum atomic E-state index is 11.2. The fraction of sp³-hybridized carbons (Fsp3) is 0.360. The number of ether oxygens (including phenoxy) is 2. The minimum absolute atomic E-state index is 0.0192. The van der Waals surface area contributed by atoms with E-state index in [-0.39, 0.29) is 24.7 Å². The molecule has 2 N–H and O–H groups in total. The number of amides is 1. The Morgan fingerprint density at radius 2 is 1.82 bits per heavy atom. The number of carbonyl (C=O) groups excluding carboxylic acids is 1. The number of nitrogens with zero attached hydrogens (tertiary/aromatic N) is 2. The number of nitrogens with one attached hydrogen (secondary N) is 1. The number of aliphatic hydroxyl groups is 1. The summed E-state index contributed by atoms with van der Waals surface area (Å²) in [6, 6.07) is 15.8. The number of aryl methyl sites for hydroxylation is 1. The number of rotatable bonds is 8. The topological polar surface area (TPSA) is 85.6 Å². The Balaban J connectivity index is 1.50. The molecular formula is C25H29N3O4S. The van der Waals surface area contributed by atoms with Crippen molar-refractivity contribution in [1.82, 2.24) is 14.9 Å². The van der Waals surface area contributed by atoms with Gasteiger partial charge in [-0.15, -0.1) is 0 Å². The first-order valence-electron chi connectivity index (χ1n) is 11.0. The first kappa shape index (κ1) is 23.5. The minimum atomic E-state index is -0.497. The highest BCUT2D eigenvalue weighted by Crippen LogP contribution is 2.39. The number of imidazole rings is 1. The van der Waals surface area contributed by atoms with E-state index in [9.17, 15) is 9.90 Å². The van der Waals surface area contributed by atoms with E-state index in [1.807, 2.05) is 66.3 Å². The van der Waals surface area contributed by atoms with Crippen molar-refractivity contribution in [2.45, 2.75) is 50.2 Å². The van der Waals surface area contributed by atoms with Crippen LogP contribution in [0.25, 0.3) is 0 Å². The molecule has 0 aliphatic carbocycles. The van der Waals surface area contributed by atoms with Gasteiger partial charge in [0, 0.05) is 50.6 Å². The Morgan fingerprint density at radius 1 is 1.12 bits per heavy atom. The molecule has 7 nitrogen and oxygen atoms in total. The summed E-state index contributed by atoms with van der Waals surface area (Å²) >= 11 is 1.67. The maximum Gasteiger partial charge on any atom is 0.217 e. The Bertz CT molecular complexity index is 1050. The molecule has 1 aliphatic heterocycles. The van der Waals surface area contributed by atoms with Gasteiger partial charge in [-0.1, -0.05) is 60.3 Å². The molecule has 2 heterocycles. The summed E-state index contributed by atoms with van der Waals surface area (Å²) in [6.45, 7) is 2.02. The van der Waals surface area contributed by atoms with Crippen LogP contribution in [0, 0.1) is 0 Å². The zero-order valence-electron chi connectivity index (χ0n) is 18.8. The van der Waals surface area contributed by atoms with Gasteiger partial charge < -0.3 is 24.5 Å². The van der Waals surface area contributed by atoms with Crippen molar-refractivity contribution in [2.24, 2.45) is 7.05 Å². The van der Waals surface area contributed by atoms with Crippen molar-refractivity contribution in [3.63, 3.8) is 0 Å².